The average molecular weight is 571 g/mol. The highest BCUT2D eigenvalue weighted by molar-refractivity contribution is 7.90. The van der Waals surface area contributed by atoms with Gasteiger partial charge in [0.15, 0.2) is 0 Å². The third kappa shape index (κ3) is 7.77. The van der Waals surface area contributed by atoms with Crippen LogP contribution in [0.5, 0.6) is 0 Å². The minimum Gasteiger partial charge on any atom is -0.598 e. The molecule has 3 N–H and O–H groups in total. The second-order valence-corrected chi connectivity index (χ2v) is 20.7. The van der Waals surface area contributed by atoms with E-state index in [0.717, 1.165) is 35.5 Å². The van der Waals surface area contributed by atoms with Gasteiger partial charge in [0, 0.05) is 44.9 Å². The molecule has 2 aliphatic rings. The zero-order chi connectivity index (χ0) is 27.9. The third-order valence-electron chi connectivity index (χ3n) is 7.20. The fourth-order valence-corrected chi connectivity index (χ4v) is 6.00. The Hall–Kier alpha value is -1.08. The van der Waals surface area contributed by atoms with Crippen LogP contribution in [0, 0.1) is 5.92 Å². The minimum atomic E-state index is -2.67. The average Bonchev–Trinajstić information content (AvgIpc) is 3.57. The molecule has 7 nitrogen and oxygen atoms in total. The SMILES string of the molecule is CC(C)(C)[S@@+]([O-])NC(COC1CC(F)(F)C1)c1nc2ccc(C(N)C3CC3)cc2n1COCC[Si](C)(C)C. The molecular formula is C27H44F2N4O3SSi. The van der Waals surface area contributed by atoms with Crippen LogP contribution < -0.4 is 10.5 Å². The van der Waals surface area contributed by atoms with Gasteiger partial charge in [-0.05, 0) is 63.3 Å². The maximum absolute atomic E-state index is 13.4. The van der Waals surface area contributed by atoms with E-state index < -0.39 is 42.3 Å². The number of halogens is 2. The summed E-state index contributed by atoms with van der Waals surface area (Å²) in [4.78, 5) is 4.91. The van der Waals surface area contributed by atoms with Crippen LogP contribution in [-0.4, -0.2) is 52.2 Å². The van der Waals surface area contributed by atoms with Gasteiger partial charge >= 0.3 is 0 Å². The molecule has 4 rings (SSSR count). The van der Waals surface area contributed by atoms with Gasteiger partial charge in [-0.1, -0.05) is 25.7 Å². The minimum absolute atomic E-state index is 0.0232. The number of hydrogen-bond donors (Lipinski definition) is 2. The topological polar surface area (TPSA) is 97.4 Å². The summed E-state index contributed by atoms with van der Waals surface area (Å²) in [6, 6.07) is 6.52. The number of benzene rings is 1. The summed E-state index contributed by atoms with van der Waals surface area (Å²) in [5.74, 6) is -1.54. The van der Waals surface area contributed by atoms with Crippen molar-refractivity contribution < 1.29 is 22.8 Å². The number of imidazole rings is 1. The Morgan fingerprint density at radius 1 is 1.26 bits per heavy atom. The van der Waals surface area contributed by atoms with Crippen molar-refractivity contribution in [3.63, 3.8) is 0 Å². The molecule has 1 heterocycles. The van der Waals surface area contributed by atoms with Gasteiger partial charge in [0.1, 0.15) is 23.3 Å². The summed E-state index contributed by atoms with van der Waals surface area (Å²) in [7, 11) is -1.28. The lowest BCUT2D eigenvalue weighted by Crippen LogP contribution is -2.46. The number of alkyl halides is 2. The van der Waals surface area contributed by atoms with Gasteiger partial charge < -0.3 is 24.3 Å². The number of fused-ring (bicyclic) bond motifs is 1. The Morgan fingerprint density at radius 2 is 1.95 bits per heavy atom. The number of hydrogen-bond acceptors (Lipinski definition) is 6. The van der Waals surface area contributed by atoms with Crippen molar-refractivity contribution in [3.8, 4) is 0 Å². The molecule has 11 heteroatoms. The van der Waals surface area contributed by atoms with E-state index in [4.69, 9.17) is 20.2 Å². The van der Waals surface area contributed by atoms with Crippen LogP contribution in [-0.2, 0) is 27.6 Å². The number of nitrogens with two attached hydrogens (primary N) is 1. The summed E-state index contributed by atoms with van der Waals surface area (Å²) < 4.78 is 56.7. The predicted octanol–water partition coefficient (Wildman–Crippen LogP) is 5.67. The summed E-state index contributed by atoms with van der Waals surface area (Å²) >= 11 is -1.43. The monoisotopic (exact) mass is 570 g/mol. The quantitative estimate of drug-likeness (QED) is 0.183. The van der Waals surface area contributed by atoms with E-state index in [-0.39, 0.29) is 32.2 Å². The maximum atomic E-state index is 13.4. The first-order valence-corrected chi connectivity index (χ1v) is 18.5. The molecule has 1 aromatic carbocycles. The summed E-state index contributed by atoms with van der Waals surface area (Å²) in [5.41, 5.74) is 9.26. The molecule has 1 aromatic heterocycles. The summed E-state index contributed by atoms with van der Waals surface area (Å²) in [6.45, 7) is 13.6. The zero-order valence-electron chi connectivity index (χ0n) is 23.6. The highest BCUT2D eigenvalue weighted by Gasteiger charge is 2.46. The van der Waals surface area contributed by atoms with E-state index in [9.17, 15) is 13.3 Å². The van der Waals surface area contributed by atoms with Gasteiger partial charge in [0.05, 0.1) is 23.7 Å². The Bertz CT molecular complexity index is 1090. The molecule has 2 unspecified atom stereocenters. The van der Waals surface area contributed by atoms with Crippen molar-refractivity contribution in [1.29, 1.82) is 0 Å². The van der Waals surface area contributed by atoms with Crippen LogP contribution in [0.1, 0.15) is 69.9 Å². The molecule has 0 amide bonds. The van der Waals surface area contributed by atoms with Gasteiger partial charge in [0.25, 0.3) is 5.92 Å². The van der Waals surface area contributed by atoms with Gasteiger partial charge in [-0.2, -0.15) is 0 Å². The summed E-state index contributed by atoms with van der Waals surface area (Å²) in [5, 5.41) is 0. The van der Waals surface area contributed by atoms with Crippen LogP contribution in [0.2, 0.25) is 25.7 Å². The highest BCUT2D eigenvalue weighted by Crippen LogP contribution is 2.41. The Balaban J connectivity index is 1.64. The van der Waals surface area contributed by atoms with E-state index in [2.05, 4.69) is 30.4 Å². The smallest absolute Gasteiger partial charge is 0.253 e. The van der Waals surface area contributed by atoms with Crippen LogP contribution in [0.25, 0.3) is 11.0 Å². The fraction of sp³-hybridized carbons (Fsp3) is 0.741. The van der Waals surface area contributed by atoms with Gasteiger partial charge in [-0.25, -0.2) is 13.8 Å². The lowest BCUT2D eigenvalue weighted by molar-refractivity contribution is -0.167. The van der Waals surface area contributed by atoms with Crippen molar-refractivity contribution in [2.75, 3.05) is 13.2 Å². The largest absolute Gasteiger partial charge is 0.598 e. The first-order chi connectivity index (χ1) is 17.6. The zero-order valence-corrected chi connectivity index (χ0v) is 25.4. The number of aromatic nitrogens is 2. The van der Waals surface area contributed by atoms with E-state index >= 15 is 0 Å². The third-order valence-corrected chi connectivity index (χ3v) is 10.5. The fourth-order valence-electron chi connectivity index (χ4n) is 4.45. The van der Waals surface area contributed by atoms with Crippen LogP contribution in [0.4, 0.5) is 8.78 Å². The molecule has 0 aliphatic heterocycles. The standard InChI is InChI=1S/C27H44F2N4O3SSi/c1-26(2,3)37(34)32-22(16-36-20-14-27(28,29)15-20)25-31-21-10-9-19(24(30)18-7-8-18)13-23(21)33(25)17-35-11-12-38(4,5)6/h9-10,13,18,20,22,24,32H,7-8,11-12,14-17,30H2,1-6H3/t22?,24?,37-/m1/s1. The summed E-state index contributed by atoms with van der Waals surface area (Å²) in [6.07, 6.45) is 1.19. The van der Waals surface area contributed by atoms with E-state index in [1.807, 2.05) is 37.5 Å². The van der Waals surface area contributed by atoms with Crippen LogP contribution in [0.15, 0.2) is 18.2 Å². The molecule has 3 atom stereocenters. The molecule has 2 saturated carbocycles. The number of nitrogens with one attached hydrogen (secondary N) is 1. The Kier molecular flexibility index (Phi) is 8.98. The van der Waals surface area contributed by atoms with Crippen molar-refractivity contribution >= 4 is 30.5 Å². The molecule has 2 aliphatic carbocycles. The predicted molar refractivity (Wildman–Crippen MR) is 151 cm³/mol. The van der Waals surface area contributed by atoms with Crippen molar-refractivity contribution in [2.45, 2.75) is 108 Å². The second-order valence-electron chi connectivity index (χ2n) is 13.1. The first-order valence-electron chi connectivity index (χ1n) is 13.6. The van der Waals surface area contributed by atoms with E-state index in [0.29, 0.717) is 18.3 Å². The van der Waals surface area contributed by atoms with Crippen LogP contribution >= 0.6 is 0 Å². The molecule has 2 fully saturated rings. The van der Waals surface area contributed by atoms with Crippen molar-refractivity contribution in [2.24, 2.45) is 11.7 Å². The number of rotatable bonds is 13. The molecule has 0 saturated heterocycles. The highest BCUT2D eigenvalue weighted by atomic mass is 32.2. The molecular weight excluding hydrogens is 526 g/mol. The molecule has 0 spiro atoms. The lowest BCUT2D eigenvalue weighted by Gasteiger charge is -2.36. The van der Waals surface area contributed by atoms with E-state index in [1.165, 1.54) is 0 Å². The number of ether oxygens (including phenoxy) is 2. The van der Waals surface area contributed by atoms with Crippen LogP contribution in [0.3, 0.4) is 0 Å². The second kappa shape index (κ2) is 11.4. The van der Waals surface area contributed by atoms with E-state index in [1.54, 1.807) is 0 Å². The normalized spacial score (nSPS) is 20.9. The lowest BCUT2D eigenvalue weighted by atomic mass is 9.91. The Morgan fingerprint density at radius 3 is 2.53 bits per heavy atom. The molecule has 38 heavy (non-hydrogen) atoms. The van der Waals surface area contributed by atoms with Crippen molar-refractivity contribution in [1.82, 2.24) is 14.3 Å². The first kappa shape index (κ1) is 29.9. The number of nitrogens with zero attached hydrogens (tertiary/aromatic N) is 2. The van der Waals surface area contributed by atoms with Gasteiger partial charge in [0.2, 0.25) is 0 Å². The molecule has 0 bridgehead atoms. The van der Waals surface area contributed by atoms with Gasteiger partial charge in [-0.15, -0.1) is 4.72 Å². The van der Waals surface area contributed by atoms with Crippen molar-refractivity contribution in [3.05, 3.63) is 29.6 Å². The van der Waals surface area contributed by atoms with Gasteiger partial charge in [-0.3, -0.25) is 0 Å². The molecule has 214 valence electrons. The Labute approximate surface area is 229 Å². The molecule has 2 aromatic rings. The molecule has 0 radical (unpaired) electrons. The maximum Gasteiger partial charge on any atom is 0.253 e.